The molecule has 5 nitrogen and oxygen atoms in total. The van der Waals surface area contributed by atoms with Gasteiger partial charge in [-0.1, -0.05) is 44.2 Å². The first kappa shape index (κ1) is 17.2. The van der Waals surface area contributed by atoms with Crippen LogP contribution in [0.4, 0.5) is 0 Å². The lowest BCUT2D eigenvalue weighted by Gasteiger charge is -2.22. The number of benzene rings is 1. The molecule has 0 bridgehead atoms. The molecular weight excluding hydrogens is 292 g/mol. The highest BCUT2D eigenvalue weighted by Gasteiger charge is 2.29. The summed E-state index contributed by atoms with van der Waals surface area (Å²) >= 11 is 0. The van der Waals surface area contributed by atoms with Gasteiger partial charge in [-0.05, 0) is 17.9 Å². The average Bonchev–Trinajstić information content (AvgIpc) is 2.84. The molecule has 1 fully saturated rings. The summed E-state index contributed by atoms with van der Waals surface area (Å²) < 4.78 is 0. The van der Waals surface area contributed by atoms with Gasteiger partial charge < -0.3 is 5.32 Å². The maximum Gasteiger partial charge on any atom is 0.229 e. The molecule has 1 aliphatic rings. The highest BCUT2D eigenvalue weighted by Crippen LogP contribution is 2.21. The fraction of sp³-hybridized carbons (Fsp3) is 0.500. The number of imide groups is 1. The van der Waals surface area contributed by atoms with E-state index >= 15 is 0 Å². The highest BCUT2D eigenvalue weighted by molar-refractivity contribution is 6.02. The Morgan fingerprint density at radius 1 is 1.13 bits per heavy atom. The van der Waals surface area contributed by atoms with Gasteiger partial charge in [0.1, 0.15) is 0 Å². The molecule has 1 saturated heterocycles. The summed E-state index contributed by atoms with van der Waals surface area (Å²) in [4.78, 5) is 36.5. The number of hydrogen-bond acceptors (Lipinski definition) is 3. The van der Waals surface area contributed by atoms with Crippen molar-refractivity contribution in [1.82, 2.24) is 10.2 Å². The Morgan fingerprint density at radius 2 is 1.74 bits per heavy atom. The van der Waals surface area contributed by atoms with Crippen LogP contribution in [0.15, 0.2) is 30.3 Å². The van der Waals surface area contributed by atoms with Gasteiger partial charge in [0.2, 0.25) is 17.7 Å². The minimum atomic E-state index is -0.176. The third kappa shape index (κ3) is 4.91. The number of nitrogens with one attached hydrogen (secondary N) is 1. The number of hydrogen-bond donors (Lipinski definition) is 1. The van der Waals surface area contributed by atoms with Crippen molar-refractivity contribution in [3.8, 4) is 0 Å². The number of likely N-dealkylation sites (tertiary alicyclic amines) is 1. The molecule has 1 atom stereocenters. The molecule has 1 aliphatic heterocycles. The largest absolute Gasteiger partial charge is 0.349 e. The van der Waals surface area contributed by atoms with Crippen LogP contribution >= 0.6 is 0 Å². The van der Waals surface area contributed by atoms with Gasteiger partial charge in [-0.25, -0.2) is 0 Å². The van der Waals surface area contributed by atoms with Crippen molar-refractivity contribution < 1.29 is 14.4 Å². The predicted octanol–water partition coefficient (Wildman–Crippen LogP) is 2.43. The normalized spacial score (nSPS) is 16.0. The summed E-state index contributed by atoms with van der Waals surface area (Å²) in [6.07, 6.45) is 1.52. The van der Waals surface area contributed by atoms with E-state index in [0.717, 1.165) is 12.0 Å². The van der Waals surface area contributed by atoms with E-state index in [0.29, 0.717) is 5.92 Å². The summed E-state index contributed by atoms with van der Waals surface area (Å²) in [7, 11) is 0. The third-order valence-electron chi connectivity index (χ3n) is 3.96. The van der Waals surface area contributed by atoms with Gasteiger partial charge in [0.25, 0.3) is 0 Å². The Bertz CT molecular complexity index is 553. The van der Waals surface area contributed by atoms with Crippen LogP contribution in [-0.2, 0) is 14.4 Å². The molecule has 0 aromatic heterocycles. The van der Waals surface area contributed by atoms with Gasteiger partial charge in [-0.2, -0.15) is 0 Å². The van der Waals surface area contributed by atoms with E-state index in [9.17, 15) is 14.4 Å². The van der Waals surface area contributed by atoms with Gasteiger partial charge in [0.15, 0.2) is 0 Å². The third-order valence-corrected chi connectivity index (χ3v) is 3.96. The SMILES string of the molecule is CC(C)CC(NC(=O)CCN1C(=O)CCC1=O)c1ccccc1. The highest BCUT2D eigenvalue weighted by atomic mass is 16.2. The molecule has 0 saturated carbocycles. The molecule has 1 heterocycles. The molecule has 3 amide bonds. The zero-order chi connectivity index (χ0) is 16.8. The van der Waals surface area contributed by atoms with Crippen molar-refractivity contribution in [2.45, 2.75) is 45.6 Å². The van der Waals surface area contributed by atoms with Crippen molar-refractivity contribution in [3.63, 3.8) is 0 Å². The lowest BCUT2D eigenvalue weighted by Crippen LogP contribution is -2.35. The maximum atomic E-state index is 12.2. The van der Waals surface area contributed by atoms with Crippen molar-refractivity contribution in [1.29, 1.82) is 0 Å². The van der Waals surface area contributed by atoms with E-state index in [1.54, 1.807) is 0 Å². The molecule has 1 aromatic rings. The second-order valence-electron chi connectivity index (χ2n) is 6.35. The first-order chi connectivity index (χ1) is 11.0. The Hall–Kier alpha value is -2.17. The Kier molecular flexibility index (Phi) is 5.90. The first-order valence-corrected chi connectivity index (χ1v) is 8.15. The molecule has 2 rings (SSSR count). The van der Waals surface area contributed by atoms with Crippen molar-refractivity contribution >= 4 is 17.7 Å². The zero-order valence-corrected chi connectivity index (χ0v) is 13.7. The summed E-state index contributed by atoms with van der Waals surface area (Å²) in [5.74, 6) is -0.0385. The van der Waals surface area contributed by atoms with E-state index in [4.69, 9.17) is 0 Å². The predicted molar refractivity (Wildman–Crippen MR) is 87.4 cm³/mol. The second kappa shape index (κ2) is 7.90. The van der Waals surface area contributed by atoms with Gasteiger partial charge in [-0.15, -0.1) is 0 Å². The van der Waals surface area contributed by atoms with Crippen LogP contribution in [-0.4, -0.2) is 29.2 Å². The topological polar surface area (TPSA) is 66.5 Å². The van der Waals surface area contributed by atoms with Gasteiger partial charge >= 0.3 is 0 Å². The van der Waals surface area contributed by atoms with Gasteiger partial charge in [-0.3, -0.25) is 19.3 Å². The molecule has 23 heavy (non-hydrogen) atoms. The molecule has 5 heteroatoms. The minimum Gasteiger partial charge on any atom is -0.349 e. The number of nitrogens with zero attached hydrogens (tertiary/aromatic N) is 1. The van der Waals surface area contributed by atoms with Crippen LogP contribution in [0.25, 0.3) is 0 Å². The summed E-state index contributed by atoms with van der Waals surface area (Å²) in [5, 5.41) is 3.03. The van der Waals surface area contributed by atoms with Crippen LogP contribution in [0, 0.1) is 5.92 Å². The second-order valence-corrected chi connectivity index (χ2v) is 6.35. The lowest BCUT2D eigenvalue weighted by molar-refractivity contribution is -0.138. The van der Waals surface area contributed by atoms with Crippen LogP contribution < -0.4 is 5.32 Å². The minimum absolute atomic E-state index is 0.0475. The van der Waals surface area contributed by atoms with Crippen LogP contribution in [0.5, 0.6) is 0 Å². The fourth-order valence-electron chi connectivity index (χ4n) is 2.79. The van der Waals surface area contributed by atoms with Crippen LogP contribution in [0.3, 0.4) is 0 Å². The van der Waals surface area contributed by atoms with E-state index in [-0.39, 0.29) is 49.6 Å². The summed E-state index contributed by atoms with van der Waals surface area (Å²) in [6.45, 7) is 4.40. The summed E-state index contributed by atoms with van der Waals surface area (Å²) in [6, 6.07) is 9.81. The van der Waals surface area contributed by atoms with E-state index < -0.39 is 0 Å². The van der Waals surface area contributed by atoms with Gasteiger partial charge in [0.05, 0.1) is 6.04 Å². The number of carbonyl (C=O) groups is 3. The molecule has 1 N–H and O–H groups in total. The molecule has 1 aromatic carbocycles. The standard InChI is InChI=1S/C18H24N2O3/c1-13(2)12-15(14-6-4-3-5-7-14)19-16(21)10-11-20-17(22)8-9-18(20)23/h3-7,13,15H,8-12H2,1-2H3,(H,19,21). The molecule has 1 unspecified atom stereocenters. The Morgan fingerprint density at radius 3 is 2.30 bits per heavy atom. The average molecular weight is 316 g/mol. The summed E-state index contributed by atoms with van der Waals surface area (Å²) in [5.41, 5.74) is 1.07. The Labute approximate surface area is 137 Å². The smallest absolute Gasteiger partial charge is 0.229 e. The van der Waals surface area contributed by atoms with Crippen molar-refractivity contribution in [3.05, 3.63) is 35.9 Å². The van der Waals surface area contributed by atoms with E-state index in [2.05, 4.69) is 19.2 Å². The van der Waals surface area contributed by atoms with E-state index in [1.807, 2.05) is 30.3 Å². The van der Waals surface area contributed by atoms with Gasteiger partial charge in [0, 0.05) is 25.8 Å². The van der Waals surface area contributed by atoms with Crippen LogP contribution in [0.2, 0.25) is 0 Å². The van der Waals surface area contributed by atoms with Crippen molar-refractivity contribution in [2.24, 2.45) is 5.92 Å². The molecule has 0 aliphatic carbocycles. The Balaban J connectivity index is 1.92. The number of rotatable bonds is 7. The molecule has 0 radical (unpaired) electrons. The number of carbonyl (C=O) groups excluding carboxylic acids is 3. The molecular formula is C18H24N2O3. The zero-order valence-electron chi connectivity index (χ0n) is 13.7. The number of amides is 3. The van der Waals surface area contributed by atoms with E-state index in [1.165, 1.54) is 4.90 Å². The monoisotopic (exact) mass is 316 g/mol. The maximum absolute atomic E-state index is 12.2. The first-order valence-electron chi connectivity index (χ1n) is 8.15. The molecule has 124 valence electrons. The quantitative estimate of drug-likeness (QED) is 0.786. The fourth-order valence-corrected chi connectivity index (χ4v) is 2.79. The van der Waals surface area contributed by atoms with Crippen molar-refractivity contribution in [2.75, 3.05) is 6.54 Å². The molecule has 0 spiro atoms. The van der Waals surface area contributed by atoms with Crippen LogP contribution in [0.1, 0.15) is 51.1 Å². The lowest BCUT2D eigenvalue weighted by atomic mass is 9.97.